The van der Waals surface area contributed by atoms with Crippen molar-refractivity contribution in [3.05, 3.63) is 58.1 Å². The lowest BCUT2D eigenvalue weighted by Crippen LogP contribution is -2.17. The zero-order valence-corrected chi connectivity index (χ0v) is 12.5. The van der Waals surface area contributed by atoms with Gasteiger partial charge in [0.25, 0.3) is 0 Å². The number of rotatable bonds is 3. The molecular formula is C14H9BrF4N2O. The van der Waals surface area contributed by atoms with E-state index in [0.717, 1.165) is 12.1 Å². The van der Waals surface area contributed by atoms with Gasteiger partial charge in [-0.2, -0.15) is 13.2 Å². The van der Waals surface area contributed by atoms with Gasteiger partial charge < -0.3 is 5.32 Å². The molecule has 1 aromatic heterocycles. The SMILES string of the molecule is O=C(Cc1cccc(C(F)(F)F)n1)Nc1ccc(Br)c(F)c1. The highest BCUT2D eigenvalue weighted by molar-refractivity contribution is 9.10. The molecule has 0 spiro atoms. The average molecular weight is 377 g/mol. The van der Waals surface area contributed by atoms with Crippen molar-refractivity contribution in [1.29, 1.82) is 0 Å². The number of carbonyl (C=O) groups excluding carboxylic acids is 1. The molecule has 1 aromatic carbocycles. The van der Waals surface area contributed by atoms with E-state index in [1.165, 1.54) is 24.3 Å². The summed E-state index contributed by atoms with van der Waals surface area (Å²) in [6.45, 7) is 0. The third-order valence-electron chi connectivity index (χ3n) is 2.64. The molecule has 0 aliphatic carbocycles. The Morgan fingerprint density at radius 1 is 1.23 bits per heavy atom. The van der Waals surface area contributed by atoms with E-state index >= 15 is 0 Å². The van der Waals surface area contributed by atoms with E-state index in [0.29, 0.717) is 0 Å². The van der Waals surface area contributed by atoms with Crippen LogP contribution >= 0.6 is 15.9 Å². The van der Waals surface area contributed by atoms with Crippen LogP contribution in [0.3, 0.4) is 0 Å². The molecule has 22 heavy (non-hydrogen) atoms. The summed E-state index contributed by atoms with van der Waals surface area (Å²) in [6.07, 6.45) is -4.91. The fourth-order valence-corrected chi connectivity index (χ4v) is 1.93. The summed E-state index contributed by atoms with van der Waals surface area (Å²) in [7, 11) is 0. The van der Waals surface area contributed by atoms with Gasteiger partial charge in [-0.05, 0) is 46.3 Å². The Morgan fingerprint density at radius 2 is 1.95 bits per heavy atom. The van der Waals surface area contributed by atoms with Crippen molar-refractivity contribution in [3.8, 4) is 0 Å². The Bertz CT molecular complexity index is 703. The number of nitrogens with zero attached hydrogens (tertiary/aromatic N) is 1. The first-order valence-electron chi connectivity index (χ1n) is 6.04. The number of benzene rings is 1. The van der Waals surface area contributed by atoms with Gasteiger partial charge in [0.05, 0.1) is 16.6 Å². The van der Waals surface area contributed by atoms with E-state index in [9.17, 15) is 22.4 Å². The molecular weight excluding hydrogens is 368 g/mol. The van der Waals surface area contributed by atoms with E-state index in [4.69, 9.17) is 0 Å². The van der Waals surface area contributed by atoms with E-state index in [2.05, 4.69) is 26.2 Å². The maximum atomic E-state index is 13.3. The monoisotopic (exact) mass is 376 g/mol. The quantitative estimate of drug-likeness (QED) is 0.816. The molecule has 0 bridgehead atoms. The van der Waals surface area contributed by atoms with Crippen LogP contribution in [0.25, 0.3) is 0 Å². The van der Waals surface area contributed by atoms with Crippen LogP contribution in [-0.2, 0) is 17.4 Å². The fourth-order valence-electron chi connectivity index (χ4n) is 1.68. The van der Waals surface area contributed by atoms with Gasteiger partial charge in [-0.15, -0.1) is 0 Å². The molecule has 1 N–H and O–H groups in total. The average Bonchev–Trinajstić information content (AvgIpc) is 2.42. The highest BCUT2D eigenvalue weighted by atomic mass is 79.9. The number of carbonyl (C=O) groups is 1. The summed E-state index contributed by atoms with van der Waals surface area (Å²) in [6, 6.07) is 7.29. The fraction of sp³-hybridized carbons (Fsp3) is 0.143. The molecule has 2 rings (SSSR count). The van der Waals surface area contributed by atoms with Crippen LogP contribution in [0.1, 0.15) is 11.4 Å². The lowest BCUT2D eigenvalue weighted by atomic mass is 10.2. The second kappa shape index (κ2) is 6.43. The summed E-state index contributed by atoms with van der Waals surface area (Å²) in [5.74, 6) is -1.15. The molecule has 1 amide bonds. The Balaban J connectivity index is 2.07. The van der Waals surface area contributed by atoms with Crippen LogP contribution in [0.2, 0.25) is 0 Å². The summed E-state index contributed by atoms with van der Waals surface area (Å²) >= 11 is 2.97. The van der Waals surface area contributed by atoms with Gasteiger partial charge in [0, 0.05) is 5.69 Å². The number of nitrogens with one attached hydrogen (secondary N) is 1. The van der Waals surface area contributed by atoms with Crippen molar-refractivity contribution < 1.29 is 22.4 Å². The Labute approximate surface area is 131 Å². The first-order chi connectivity index (χ1) is 10.3. The molecule has 8 heteroatoms. The standard InChI is InChI=1S/C14H9BrF4N2O/c15-10-5-4-9(6-11(10)16)21-13(22)7-8-2-1-3-12(20-8)14(17,18)19/h1-6H,7H2,(H,21,22). The highest BCUT2D eigenvalue weighted by Crippen LogP contribution is 2.27. The van der Waals surface area contributed by atoms with Crippen LogP contribution in [0.5, 0.6) is 0 Å². The highest BCUT2D eigenvalue weighted by Gasteiger charge is 2.32. The maximum Gasteiger partial charge on any atom is 0.433 e. The van der Waals surface area contributed by atoms with E-state index in [1.54, 1.807) is 0 Å². The molecule has 0 unspecified atom stereocenters. The van der Waals surface area contributed by atoms with Crippen LogP contribution in [0, 0.1) is 5.82 Å². The smallest absolute Gasteiger partial charge is 0.326 e. The minimum atomic E-state index is -4.57. The largest absolute Gasteiger partial charge is 0.433 e. The third-order valence-corrected chi connectivity index (χ3v) is 3.29. The topological polar surface area (TPSA) is 42.0 Å². The van der Waals surface area contributed by atoms with Gasteiger partial charge in [0.2, 0.25) is 5.91 Å². The summed E-state index contributed by atoms with van der Waals surface area (Å²) in [4.78, 5) is 15.2. The normalized spacial score (nSPS) is 11.3. The first-order valence-corrected chi connectivity index (χ1v) is 6.83. The van der Waals surface area contributed by atoms with Crippen molar-refractivity contribution >= 4 is 27.5 Å². The zero-order chi connectivity index (χ0) is 16.3. The summed E-state index contributed by atoms with van der Waals surface area (Å²) in [5, 5.41) is 2.40. The van der Waals surface area contributed by atoms with Crippen molar-refractivity contribution in [2.24, 2.45) is 0 Å². The number of alkyl halides is 3. The van der Waals surface area contributed by atoms with Gasteiger partial charge in [-0.1, -0.05) is 6.07 Å². The Hall–Kier alpha value is -1.96. The Morgan fingerprint density at radius 3 is 2.59 bits per heavy atom. The Kier molecular flexibility index (Phi) is 4.80. The second-order valence-corrected chi connectivity index (χ2v) is 5.22. The molecule has 0 radical (unpaired) electrons. The molecule has 0 atom stereocenters. The van der Waals surface area contributed by atoms with Crippen molar-refractivity contribution in [2.75, 3.05) is 5.32 Å². The summed E-state index contributed by atoms with van der Waals surface area (Å²) in [5.41, 5.74) is -0.880. The van der Waals surface area contributed by atoms with Crippen LogP contribution in [0.4, 0.5) is 23.2 Å². The first kappa shape index (κ1) is 16.4. The van der Waals surface area contributed by atoms with Gasteiger partial charge in [-0.3, -0.25) is 4.79 Å². The lowest BCUT2D eigenvalue weighted by molar-refractivity contribution is -0.141. The molecule has 3 nitrogen and oxygen atoms in total. The van der Waals surface area contributed by atoms with E-state index in [-0.39, 0.29) is 22.3 Å². The van der Waals surface area contributed by atoms with E-state index < -0.39 is 23.6 Å². The predicted molar refractivity (Wildman–Crippen MR) is 75.7 cm³/mol. The molecule has 0 fully saturated rings. The van der Waals surface area contributed by atoms with Crippen LogP contribution in [0.15, 0.2) is 40.9 Å². The zero-order valence-electron chi connectivity index (χ0n) is 10.9. The predicted octanol–water partition coefficient (Wildman–Crippen LogP) is 4.18. The minimum Gasteiger partial charge on any atom is -0.326 e. The molecule has 0 saturated carbocycles. The maximum absolute atomic E-state index is 13.3. The number of amides is 1. The number of halogens is 5. The number of aromatic nitrogens is 1. The molecule has 116 valence electrons. The molecule has 1 heterocycles. The second-order valence-electron chi connectivity index (χ2n) is 4.37. The summed E-state index contributed by atoms with van der Waals surface area (Å²) < 4.78 is 51.1. The van der Waals surface area contributed by atoms with Crippen LogP contribution < -0.4 is 5.32 Å². The molecule has 0 aliphatic rings. The van der Waals surface area contributed by atoms with Gasteiger partial charge in [-0.25, -0.2) is 9.37 Å². The van der Waals surface area contributed by atoms with Gasteiger partial charge >= 0.3 is 6.18 Å². The van der Waals surface area contributed by atoms with Crippen molar-refractivity contribution in [2.45, 2.75) is 12.6 Å². The number of pyridine rings is 1. The van der Waals surface area contributed by atoms with Crippen molar-refractivity contribution in [1.82, 2.24) is 4.98 Å². The molecule has 2 aromatic rings. The third kappa shape index (κ3) is 4.27. The number of anilines is 1. The lowest BCUT2D eigenvalue weighted by Gasteiger charge is -2.08. The van der Waals surface area contributed by atoms with Gasteiger partial charge in [0.15, 0.2) is 0 Å². The van der Waals surface area contributed by atoms with Crippen LogP contribution in [-0.4, -0.2) is 10.9 Å². The van der Waals surface area contributed by atoms with Gasteiger partial charge in [0.1, 0.15) is 11.5 Å². The number of hydrogen-bond acceptors (Lipinski definition) is 2. The van der Waals surface area contributed by atoms with E-state index in [1.807, 2.05) is 0 Å². The molecule has 0 saturated heterocycles. The van der Waals surface area contributed by atoms with Crippen molar-refractivity contribution in [3.63, 3.8) is 0 Å². The number of hydrogen-bond donors (Lipinski definition) is 1. The minimum absolute atomic E-state index is 0.0232. The molecule has 0 aliphatic heterocycles.